The molecule has 0 amide bonds. The first kappa shape index (κ1) is 12.5. The Morgan fingerprint density at radius 3 is 2.50 bits per heavy atom. The summed E-state index contributed by atoms with van der Waals surface area (Å²) in [5.74, 6) is -2.37. The van der Waals surface area contributed by atoms with Crippen LogP contribution in [0.1, 0.15) is 0 Å². The molecule has 0 fully saturated rings. The molecule has 0 atom stereocenters. The summed E-state index contributed by atoms with van der Waals surface area (Å²) < 4.78 is 49.5. The molecule has 0 bridgehead atoms. The van der Waals surface area contributed by atoms with Crippen molar-refractivity contribution < 1.29 is 17.2 Å². The van der Waals surface area contributed by atoms with Crippen LogP contribution in [0.5, 0.6) is 0 Å². The van der Waals surface area contributed by atoms with Crippen LogP contribution in [0.15, 0.2) is 23.1 Å². The van der Waals surface area contributed by atoms with Gasteiger partial charge in [-0.05, 0) is 18.2 Å². The Bertz CT molecular complexity index is 537. The summed E-state index contributed by atoms with van der Waals surface area (Å²) in [7, 11) is -2.76. The molecule has 0 aliphatic heterocycles. The maximum atomic E-state index is 12.8. The van der Waals surface area contributed by atoms with E-state index in [-0.39, 0.29) is 11.4 Å². The van der Waals surface area contributed by atoms with Gasteiger partial charge < -0.3 is 0 Å². The average Bonchev–Trinajstić information content (AvgIpc) is 2.22. The van der Waals surface area contributed by atoms with Crippen molar-refractivity contribution in [2.45, 2.75) is 4.90 Å². The molecule has 1 aromatic rings. The molecule has 0 saturated carbocycles. The maximum Gasteiger partial charge on any atom is 0.243 e. The molecule has 0 aliphatic carbocycles. The molecule has 0 N–H and O–H groups in total. The Morgan fingerprint density at radius 2 is 2.00 bits per heavy atom. The standard InChI is InChI=1S/C9H8F2N2O2S/c1-13(5-4-12)16(14,15)7-2-3-8(10)9(11)6-7/h2-3,6H,5H2,1H3. The molecule has 16 heavy (non-hydrogen) atoms. The third-order valence-corrected chi connectivity index (χ3v) is 3.69. The topological polar surface area (TPSA) is 61.2 Å². The minimum Gasteiger partial charge on any atom is -0.207 e. The molecular weight excluding hydrogens is 238 g/mol. The molecule has 0 aliphatic rings. The van der Waals surface area contributed by atoms with E-state index in [4.69, 9.17) is 5.26 Å². The number of nitrogens with zero attached hydrogens (tertiary/aromatic N) is 2. The van der Waals surface area contributed by atoms with Crippen molar-refractivity contribution in [2.24, 2.45) is 0 Å². The Balaban J connectivity index is 3.18. The van der Waals surface area contributed by atoms with E-state index in [1.54, 1.807) is 6.07 Å². The van der Waals surface area contributed by atoms with Crippen LogP contribution in [0, 0.1) is 23.0 Å². The van der Waals surface area contributed by atoms with Crippen molar-refractivity contribution in [1.82, 2.24) is 4.31 Å². The lowest BCUT2D eigenvalue weighted by molar-refractivity contribution is 0.491. The summed E-state index contributed by atoms with van der Waals surface area (Å²) in [5.41, 5.74) is 0. The highest BCUT2D eigenvalue weighted by atomic mass is 32.2. The summed E-state index contributed by atoms with van der Waals surface area (Å²) in [4.78, 5) is -0.385. The van der Waals surface area contributed by atoms with Crippen LogP contribution in [-0.2, 0) is 10.0 Å². The fourth-order valence-corrected chi connectivity index (χ4v) is 2.08. The molecule has 86 valence electrons. The first-order valence-corrected chi connectivity index (χ1v) is 5.62. The van der Waals surface area contributed by atoms with Crippen molar-refractivity contribution in [1.29, 1.82) is 5.26 Å². The van der Waals surface area contributed by atoms with Crippen molar-refractivity contribution in [3.63, 3.8) is 0 Å². The molecule has 0 unspecified atom stereocenters. The van der Waals surface area contributed by atoms with Crippen LogP contribution in [0.4, 0.5) is 8.78 Å². The monoisotopic (exact) mass is 246 g/mol. The SMILES string of the molecule is CN(CC#N)S(=O)(=O)c1ccc(F)c(F)c1. The van der Waals surface area contributed by atoms with Crippen LogP contribution in [0.2, 0.25) is 0 Å². The van der Waals surface area contributed by atoms with Crippen LogP contribution in [-0.4, -0.2) is 26.3 Å². The van der Waals surface area contributed by atoms with E-state index in [1.165, 1.54) is 7.05 Å². The van der Waals surface area contributed by atoms with Gasteiger partial charge in [0, 0.05) is 7.05 Å². The number of benzene rings is 1. The summed E-state index contributed by atoms with van der Waals surface area (Å²) in [6, 6.07) is 3.90. The highest BCUT2D eigenvalue weighted by Crippen LogP contribution is 2.16. The van der Waals surface area contributed by atoms with Gasteiger partial charge in [0.1, 0.15) is 6.54 Å². The van der Waals surface area contributed by atoms with Gasteiger partial charge in [0.25, 0.3) is 0 Å². The Hall–Kier alpha value is -1.52. The quantitative estimate of drug-likeness (QED) is 0.750. The van der Waals surface area contributed by atoms with Gasteiger partial charge in [-0.2, -0.15) is 9.57 Å². The van der Waals surface area contributed by atoms with Crippen LogP contribution < -0.4 is 0 Å². The van der Waals surface area contributed by atoms with E-state index in [2.05, 4.69) is 0 Å². The molecule has 1 aromatic carbocycles. The molecule has 0 radical (unpaired) electrons. The second-order valence-electron chi connectivity index (χ2n) is 3.00. The Morgan fingerprint density at radius 1 is 1.38 bits per heavy atom. The van der Waals surface area contributed by atoms with Gasteiger partial charge in [-0.25, -0.2) is 17.2 Å². The van der Waals surface area contributed by atoms with Crippen molar-refractivity contribution in [3.8, 4) is 6.07 Å². The van der Waals surface area contributed by atoms with Gasteiger partial charge in [0.05, 0.1) is 11.0 Å². The van der Waals surface area contributed by atoms with Gasteiger partial charge in [-0.3, -0.25) is 0 Å². The van der Waals surface area contributed by atoms with Crippen LogP contribution in [0.3, 0.4) is 0 Å². The van der Waals surface area contributed by atoms with Crippen molar-refractivity contribution >= 4 is 10.0 Å². The molecule has 1 rings (SSSR count). The Labute approximate surface area is 91.8 Å². The average molecular weight is 246 g/mol. The van der Waals surface area contributed by atoms with Gasteiger partial charge in [0.15, 0.2) is 11.6 Å². The number of rotatable bonds is 3. The fraction of sp³-hybridized carbons (Fsp3) is 0.222. The van der Waals surface area contributed by atoms with E-state index in [1.807, 2.05) is 0 Å². The fourth-order valence-electron chi connectivity index (χ4n) is 1.00. The first-order valence-electron chi connectivity index (χ1n) is 4.18. The van der Waals surface area contributed by atoms with Crippen molar-refractivity contribution in [2.75, 3.05) is 13.6 Å². The molecular formula is C9H8F2N2O2S. The van der Waals surface area contributed by atoms with E-state index in [0.717, 1.165) is 16.4 Å². The maximum absolute atomic E-state index is 12.8. The van der Waals surface area contributed by atoms with Crippen LogP contribution >= 0.6 is 0 Å². The third-order valence-electron chi connectivity index (χ3n) is 1.89. The van der Waals surface area contributed by atoms with Gasteiger partial charge in [0.2, 0.25) is 10.0 Å². The summed E-state index contributed by atoms with van der Waals surface area (Å²) >= 11 is 0. The summed E-state index contributed by atoms with van der Waals surface area (Å²) in [5, 5.41) is 8.36. The lowest BCUT2D eigenvalue weighted by Gasteiger charge is -2.13. The molecule has 4 nitrogen and oxygen atoms in total. The highest BCUT2D eigenvalue weighted by Gasteiger charge is 2.21. The third kappa shape index (κ3) is 2.35. The van der Waals surface area contributed by atoms with E-state index < -0.39 is 21.7 Å². The predicted molar refractivity (Wildman–Crippen MR) is 51.8 cm³/mol. The smallest absolute Gasteiger partial charge is 0.207 e. The first-order chi connectivity index (χ1) is 7.39. The number of hydrogen-bond donors (Lipinski definition) is 0. The van der Waals surface area contributed by atoms with Gasteiger partial charge in [-0.1, -0.05) is 0 Å². The van der Waals surface area contributed by atoms with Gasteiger partial charge in [-0.15, -0.1) is 0 Å². The lowest BCUT2D eigenvalue weighted by Crippen LogP contribution is -2.27. The largest absolute Gasteiger partial charge is 0.243 e. The molecule has 0 spiro atoms. The molecule has 0 aromatic heterocycles. The number of nitriles is 1. The van der Waals surface area contributed by atoms with E-state index in [9.17, 15) is 17.2 Å². The van der Waals surface area contributed by atoms with Crippen LogP contribution in [0.25, 0.3) is 0 Å². The second kappa shape index (κ2) is 4.55. The molecule has 0 saturated heterocycles. The normalized spacial score (nSPS) is 11.4. The lowest BCUT2D eigenvalue weighted by atomic mass is 10.3. The zero-order valence-electron chi connectivity index (χ0n) is 8.31. The minimum absolute atomic E-state index is 0.360. The summed E-state index contributed by atoms with van der Waals surface area (Å²) in [6.45, 7) is -0.360. The summed E-state index contributed by atoms with van der Waals surface area (Å²) in [6.07, 6.45) is 0. The zero-order valence-corrected chi connectivity index (χ0v) is 9.13. The number of sulfonamides is 1. The minimum atomic E-state index is -3.94. The molecule has 0 heterocycles. The second-order valence-corrected chi connectivity index (χ2v) is 5.04. The predicted octanol–water partition coefficient (Wildman–Crippen LogP) is 1.11. The number of hydrogen-bond acceptors (Lipinski definition) is 3. The van der Waals surface area contributed by atoms with Crippen molar-refractivity contribution in [3.05, 3.63) is 29.8 Å². The van der Waals surface area contributed by atoms with E-state index in [0.29, 0.717) is 6.07 Å². The molecule has 7 heteroatoms. The van der Waals surface area contributed by atoms with Gasteiger partial charge >= 0.3 is 0 Å². The zero-order chi connectivity index (χ0) is 12.3. The highest BCUT2D eigenvalue weighted by molar-refractivity contribution is 7.89. The van der Waals surface area contributed by atoms with E-state index >= 15 is 0 Å². The number of halogens is 2. The Kier molecular flexibility index (Phi) is 3.57.